The first-order valence-electron chi connectivity index (χ1n) is 6.97. The standard InChI is InChI=1S/C16H24N2P2/c1-15(2,3)19-13-14(20-16(4,5)6)18-12-10-8-7-9-11(12)17-13/h7-10,19-20H,1-6H3. The molecule has 2 unspecified atom stereocenters. The molecule has 1 heterocycles. The number of benzene rings is 1. The molecule has 2 rings (SSSR count). The summed E-state index contributed by atoms with van der Waals surface area (Å²) < 4.78 is 0. The Morgan fingerprint density at radius 3 is 1.35 bits per heavy atom. The summed E-state index contributed by atoms with van der Waals surface area (Å²) in [7, 11) is 1.39. The molecule has 2 nitrogen and oxygen atoms in total. The van der Waals surface area contributed by atoms with Crippen molar-refractivity contribution in [3.63, 3.8) is 0 Å². The van der Waals surface area contributed by atoms with E-state index in [9.17, 15) is 0 Å². The van der Waals surface area contributed by atoms with E-state index in [2.05, 4.69) is 53.7 Å². The van der Waals surface area contributed by atoms with Crippen molar-refractivity contribution in [3.8, 4) is 0 Å². The number of rotatable bonds is 2. The van der Waals surface area contributed by atoms with Crippen molar-refractivity contribution >= 4 is 39.1 Å². The number of hydrogen-bond acceptors (Lipinski definition) is 2. The Balaban J connectivity index is 2.52. The number of hydrogen-bond donors (Lipinski definition) is 0. The van der Waals surface area contributed by atoms with Gasteiger partial charge in [0.1, 0.15) is 0 Å². The molecular weight excluding hydrogens is 282 g/mol. The lowest BCUT2D eigenvalue weighted by Crippen LogP contribution is -2.30. The van der Waals surface area contributed by atoms with Crippen LogP contribution in [0.25, 0.3) is 11.0 Å². The maximum Gasteiger partial charge on any atom is 0.0894 e. The Morgan fingerprint density at radius 2 is 1.05 bits per heavy atom. The summed E-state index contributed by atoms with van der Waals surface area (Å²) in [5.74, 6) is 0. The molecule has 0 radical (unpaired) electrons. The van der Waals surface area contributed by atoms with Gasteiger partial charge >= 0.3 is 0 Å². The van der Waals surface area contributed by atoms with Crippen LogP contribution in [0.2, 0.25) is 0 Å². The minimum atomic E-state index is 0.258. The van der Waals surface area contributed by atoms with E-state index in [1.807, 2.05) is 12.1 Å². The van der Waals surface area contributed by atoms with E-state index in [1.165, 1.54) is 10.9 Å². The van der Waals surface area contributed by atoms with Crippen molar-refractivity contribution in [1.29, 1.82) is 0 Å². The van der Waals surface area contributed by atoms with Gasteiger partial charge in [0.15, 0.2) is 0 Å². The summed E-state index contributed by atoms with van der Waals surface area (Å²) >= 11 is 0. The average molecular weight is 306 g/mol. The normalized spacial score (nSPS) is 14.1. The van der Waals surface area contributed by atoms with Crippen LogP contribution in [0.1, 0.15) is 41.5 Å². The van der Waals surface area contributed by atoms with Crippen molar-refractivity contribution in [3.05, 3.63) is 24.3 Å². The lowest BCUT2D eigenvalue weighted by molar-refractivity contribution is 0.796. The van der Waals surface area contributed by atoms with Crippen LogP contribution in [0.15, 0.2) is 24.3 Å². The number of para-hydroxylation sites is 2. The highest BCUT2D eigenvalue weighted by Crippen LogP contribution is 2.33. The van der Waals surface area contributed by atoms with Crippen LogP contribution >= 0.6 is 17.2 Å². The van der Waals surface area contributed by atoms with Gasteiger partial charge in [-0.15, -0.1) is 0 Å². The molecule has 0 aliphatic heterocycles. The van der Waals surface area contributed by atoms with Gasteiger partial charge < -0.3 is 0 Å². The Kier molecular flexibility index (Phi) is 4.47. The Hall–Kier alpha value is -0.580. The topological polar surface area (TPSA) is 25.8 Å². The smallest absolute Gasteiger partial charge is 0.0894 e. The van der Waals surface area contributed by atoms with E-state index in [0.29, 0.717) is 17.2 Å². The molecule has 0 aliphatic rings. The third kappa shape index (κ3) is 4.47. The zero-order chi connectivity index (χ0) is 15.0. The molecule has 0 saturated carbocycles. The van der Waals surface area contributed by atoms with Gasteiger partial charge in [-0.1, -0.05) is 70.8 Å². The number of aromatic nitrogens is 2. The van der Waals surface area contributed by atoms with Crippen molar-refractivity contribution in [2.75, 3.05) is 0 Å². The van der Waals surface area contributed by atoms with Crippen molar-refractivity contribution in [1.82, 2.24) is 9.97 Å². The Labute approximate surface area is 125 Å². The first-order valence-corrected chi connectivity index (χ1v) is 8.97. The first-order chi connectivity index (χ1) is 9.14. The molecule has 0 spiro atoms. The van der Waals surface area contributed by atoms with Crippen molar-refractivity contribution in [2.45, 2.75) is 51.9 Å². The highest BCUT2D eigenvalue weighted by Gasteiger charge is 2.21. The van der Waals surface area contributed by atoms with Crippen LogP contribution in [-0.4, -0.2) is 20.3 Å². The van der Waals surface area contributed by atoms with Gasteiger partial charge in [0, 0.05) is 0 Å². The van der Waals surface area contributed by atoms with E-state index >= 15 is 0 Å². The highest BCUT2D eigenvalue weighted by molar-refractivity contribution is 7.55. The third-order valence-electron chi connectivity index (χ3n) is 2.56. The van der Waals surface area contributed by atoms with Crippen LogP contribution in [-0.2, 0) is 0 Å². The third-order valence-corrected chi connectivity index (χ3v) is 5.48. The minimum absolute atomic E-state index is 0.258. The summed E-state index contributed by atoms with van der Waals surface area (Å²) in [6.07, 6.45) is 0. The van der Waals surface area contributed by atoms with E-state index in [0.717, 1.165) is 11.0 Å². The quantitative estimate of drug-likeness (QED) is 0.788. The molecule has 0 N–H and O–H groups in total. The SMILES string of the molecule is CC(C)(C)Pc1nc2ccccc2nc1PC(C)(C)C. The van der Waals surface area contributed by atoms with Crippen LogP contribution in [0.4, 0.5) is 0 Å². The molecule has 1 aromatic carbocycles. The highest BCUT2D eigenvalue weighted by atomic mass is 31.1. The van der Waals surface area contributed by atoms with Gasteiger partial charge in [-0.3, -0.25) is 0 Å². The molecule has 2 atom stereocenters. The van der Waals surface area contributed by atoms with Crippen LogP contribution < -0.4 is 10.9 Å². The van der Waals surface area contributed by atoms with Crippen molar-refractivity contribution in [2.24, 2.45) is 0 Å². The zero-order valence-corrected chi connectivity index (χ0v) is 15.2. The van der Waals surface area contributed by atoms with E-state index in [4.69, 9.17) is 9.97 Å². The van der Waals surface area contributed by atoms with Gasteiger partial charge in [0.2, 0.25) is 0 Å². The predicted molar refractivity (Wildman–Crippen MR) is 94.9 cm³/mol. The first kappa shape index (κ1) is 15.8. The molecule has 108 valence electrons. The maximum absolute atomic E-state index is 4.90. The Morgan fingerprint density at radius 1 is 0.700 bits per heavy atom. The summed E-state index contributed by atoms with van der Waals surface area (Å²) in [5, 5.41) is 0.516. The van der Waals surface area contributed by atoms with Gasteiger partial charge in [-0.2, -0.15) is 0 Å². The molecule has 0 fully saturated rings. The second kappa shape index (κ2) is 5.66. The second-order valence-corrected chi connectivity index (χ2v) is 11.6. The maximum atomic E-state index is 4.90. The molecule has 2 aromatic rings. The van der Waals surface area contributed by atoms with Crippen LogP contribution in [0.5, 0.6) is 0 Å². The molecular formula is C16H24N2P2. The van der Waals surface area contributed by atoms with E-state index in [-0.39, 0.29) is 10.3 Å². The van der Waals surface area contributed by atoms with Crippen LogP contribution in [0, 0.1) is 0 Å². The minimum Gasteiger partial charge on any atom is -0.244 e. The van der Waals surface area contributed by atoms with Gasteiger partial charge in [0.05, 0.1) is 21.9 Å². The van der Waals surface area contributed by atoms with Gasteiger partial charge in [-0.05, 0) is 22.4 Å². The fourth-order valence-electron chi connectivity index (χ4n) is 1.88. The molecule has 0 saturated heterocycles. The second-order valence-electron chi connectivity index (χ2n) is 7.16. The fraction of sp³-hybridized carbons (Fsp3) is 0.500. The lowest BCUT2D eigenvalue weighted by Gasteiger charge is -2.23. The van der Waals surface area contributed by atoms with Crippen molar-refractivity contribution < 1.29 is 0 Å². The molecule has 0 aliphatic carbocycles. The monoisotopic (exact) mass is 306 g/mol. The number of nitrogens with zero attached hydrogens (tertiary/aromatic N) is 2. The lowest BCUT2D eigenvalue weighted by atomic mass is 10.3. The average Bonchev–Trinajstić information content (AvgIpc) is 2.26. The molecule has 1 aromatic heterocycles. The predicted octanol–water partition coefficient (Wildman–Crippen LogP) is 3.83. The van der Waals surface area contributed by atoms with E-state index < -0.39 is 0 Å². The van der Waals surface area contributed by atoms with Gasteiger partial charge in [-0.25, -0.2) is 9.97 Å². The summed E-state index contributed by atoms with van der Waals surface area (Å²) in [4.78, 5) is 9.80. The summed E-state index contributed by atoms with van der Waals surface area (Å²) in [5.41, 5.74) is 4.43. The van der Waals surface area contributed by atoms with E-state index in [1.54, 1.807) is 0 Å². The van der Waals surface area contributed by atoms with Gasteiger partial charge in [0.25, 0.3) is 0 Å². The van der Waals surface area contributed by atoms with Crippen LogP contribution in [0.3, 0.4) is 0 Å². The molecule has 4 heteroatoms. The summed E-state index contributed by atoms with van der Waals surface area (Å²) in [6, 6.07) is 8.19. The Bertz CT molecular complexity index is 555. The fourth-order valence-corrected chi connectivity index (χ4v) is 4.38. The molecule has 0 bridgehead atoms. The zero-order valence-electron chi connectivity index (χ0n) is 13.2. The number of fused-ring (bicyclic) bond motifs is 1. The largest absolute Gasteiger partial charge is 0.244 e. The summed E-state index contributed by atoms with van der Waals surface area (Å²) in [6.45, 7) is 13.6. The molecule has 0 amide bonds. The molecule has 20 heavy (non-hydrogen) atoms.